The smallest absolute Gasteiger partial charge is 0.264 e. The molecule has 2 aromatic rings. The molecule has 0 N–H and O–H groups in total. The van der Waals surface area contributed by atoms with Crippen LogP contribution in [0, 0.1) is 0 Å². The maximum absolute atomic E-state index is 13.0. The van der Waals surface area contributed by atoms with Crippen LogP contribution in [0.1, 0.15) is 19.5 Å². The molecule has 2 rings (SSSR count). The van der Waals surface area contributed by atoms with E-state index in [1.54, 1.807) is 30.6 Å². The zero-order chi connectivity index (χ0) is 14.1. The van der Waals surface area contributed by atoms with E-state index in [9.17, 15) is 13.2 Å². The second-order valence-corrected chi connectivity index (χ2v) is 4.79. The normalized spacial score (nSPS) is 12.5. The highest BCUT2D eigenvalue weighted by Gasteiger charge is 2.49. The Bertz CT molecular complexity index is 562. The largest absolute Gasteiger partial charge is 0.399 e. The number of nitrogens with zero attached hydrogens (tertiary/aromatic N) is 2. The maximum atomic E-state index is 13.0. The molecule has 2 aromatic heterocycles. The lowest BCUT2D eigenvalue weighted by Crippen LogP contribution is -2.37. The molecular formula is C14H13F3N2. The number of rotatable bonds is 2. The lowest BCUT2D eigenvalue weighted by Gasteiger charge is -2.27. The van der Waals surface area contributed by atoms with Crippen molar-refractivity contribution in [1.82, 2.24) is 9.97 Å². The van der Waals surface area contributed by atoms with Crippen molar-refractivity contribution < 1.29 is 13.2 Å². The van der Waals surface area contributed by atoms with Gasteiger partial charge in [0.2, 0.25) is 0 Å². The van der Waals surface area contributed by atoms with Gasteiger partial charge in [-0.1, -0.05) is 6.07 Å². The molecule has 0 aliphatic heterocycles. The summed E-state index contributed by atoms with van der Waals surface area (Å²) in [4.78, 5) is 7.82. The summed E-state index contributed by atoms with van der Waals surface area (Å²) < 4.78 is 39.0. The molecule has 5 heteroatoms. The number of aromatic nitrogens is 2. The molecule has 0 aliphatic carbocycles. The van der Waals surface area contributed by atoms with Crippen LogP contribution >= 0.6 is 0 Å². The van der Waals surface area contributed by atoms with Crippen molar-refractivity contribution in [2.75, 3.05) is 0 Å². The van der Waals surface area contributed by atoms with E-state index in [2.05, 4.69) is 9.97 Å². The number of hydrogen-bond donors (Lipinski definition) is 0. The molecule has 0 atom stereocenters. The molecule has 100 valence electrons. The first-order chi connectivity index (χ1) is 8.82. The lowest BCUT2D eigenvalue weighted by atomic mass is 9.87. The summed E-state index contributed by atoms with van der Waals surface area (Å²) >= 11 is 0. The van der Waals surface area contributed by atoms with Gasteiger partial charge in [0.15, 0.2) is 0 Å². The number of pyridine rings is 2. The zero-order valence-corrected chi connectivity index (χ0v) is 10.6. The molecule has 0 amide bonds. The van der Waals surface area contributed by atoms with Crippen LogP contribution in [-0.4, -0.2) is 16.1 Å². The number of alkyl halides is 3. The predicted octanol–water partition coefficient (Wildman–Crippen LogP) is 3.98. The highest BCUT2D eigenvalue weighted by atomic mass is 19.4. The van der Waals surface area contributed by atoms with Crippen LogP contribution in [0.4, 0.5) is 13.2 Å². The summed E-state index contributed by atoms with van der Waals surface area (Å²) in [5.41, 5.74) is -0.536. The molecule has 0 spiro atoms. The van der Waals surface area contributed by atoms with Gasteiger partial charge in [-0.15, -0.1) is 0 Å². The molecular weight excluding hydrogens is 253 g/mol. The van der Waals surface area contributed by atoms with E-state index in [1.165, 1.54) is 12.3 Å². The Balaban J connectivity index is 2.47. The van der Waals surface area contributed by atoms with Crippen molar-refractivity contribution in [2.45, 2.75) is 25.4 Å². The fraction of sp³-hybridized carbons (Fsp3) is 0.286. The predicted molar refractivity (Wildman–Crippen MR) is 66.5 cm³/mol. The summed E-state index contributed by atoms with van der Waals surface area (Å²) in [6.45, 7) is 2.25. The third-order valence-corrected chi connectivity index (χ3v) is 3.10. The van der Waals surface area contributed by atoms with Crippen molar-refractivity contribution in [3.63, 3.8) is 0 Å². The van der Waals surface area contributed by atoms with Crippen LogP contribution < -0.4 is 0 Å². The van der Waals surface area contributed by atoms with E-state index in [1.807, 2.05) is 0 Å². The molecule has 0 saturated carbocycles. The maximum Gasteiger partial charge on any atom is 0.399 e. The van der Waals surface area contributed by atoms with E-state index in [-0.39, 0.29) is 5.69 Å². The molecule has 2 nitrogen and oxygen atoms in total. The van der Waals surface area contributed by atoms with Gasteiger partial charge < -0.3 is 0 Å². The van der Waals surface area contributed by atoms with Crippen LogP contribution in [-0.2, 0) is 5.41 Å². The van der Waals surface area contributed by atoms with Gasteiger partial charge in [0.1, 0.15) is 5.41 Å². The zero-order valence-electron chi connectivity index (χ0n) is 10.6. The Morgan fingerprint density at radius 3 is 2.32 bits per heavy atom. The van der Waals surface area contributed by atoms with Gasteiger partial charge in [0, 0.05) is 24.2 Å². The number of halogens is 3. The van der Waals surface area contributed by atoms with Gasteiger partial charge in [-0.2, -0.15) is 13.2 Å². The van der Waals surface area contributed by atoms with Crippen molar-refractivity contribution in [2.24, 2.45) is 0 Å². The monoisotopic (exact) mass is 266 g/mol. The summed E-state index contributed by atoms with van der Waals surface area (Å²) in [6, 6.07) is 6.68. The van der Waals surface area contributed by atoms with Crippen molar-refractivity contribution in [1.29, 1.82) is 0 Å². The molecule has 2 heterocycles. The van der Waals surface area contributed by atoms with Gasteiger partial charge in [0.05, 0.1) is 5.69 Å². The third-order valence-electron chi connectivity index (χ3n) is 3.10. The number of hydrogen-bond acceptors (Lipinski definition) is 2. The van der Waals surface area contributed by atoms with E-state index in [0.29, 0.717) is 5.56 Å². The van der Waals surface area contributed by atoms with E-state index >= 15 is 0 Å². The third kappa shape index (κ3) is 2.59. The average Bonchev–Trinajstić information content (AvgIpc) is 2.39. The highest BCUT2D eigenvalue weighted by Crippen LogP contribution is 2.40. The quantitative estimate of drug-likeness (QED) is 0.821. The Kier molecular flexibility index (Phi) is 3.30. The SMILES string of the molecule is CC(C)(c1cc(-c2cccnc2)ccn1)C(F)(F)F. The first kappa shape index (κ1) is 13.5. The second-order valence-electron chi connectivity index (χ2n) is 4.79. The Morgan fingerprint density at radius 2 is 1.74 bits per heavy atom. The van der Waals surface area contributed by atoms with Crippen LogP contribution in [0.15, 0.2) is 42.9 Å². The summed E-state index contributed by atoms with van der Waals surface area (Å²) in [5, 5.41) is 0. The summed E-state index contributed by atoms with van der Waals surface area (Å²) in [5.74, 6) is 0. The van der Waals surface area contributed by atoms with Crippen molar-refractivity contribution in [3.8, 4) is 11.1 Å². The molecule has 0 fully saturated rings. The Morgan fingerprint density at radius 1 is 1.00 bits per heavy atom. The molecule has 19 heavy (non-hydrogen) atoms. The Hall–Kier alpha value is -1.91. The van der Waals surface area contributed by atoms with Gasteiger partial charge in [0.25, 0.3) is 0 Å². The molecule has 0 bridgehead atoms. The molecule has 0 unspecified atom stereocenters. The molecule has 0 saturated heterocycles. The second kappa shape index (κ2) is 4.64. The first-order valence-corrected chi connectivity index (χ1v) is 5.76. The molecule has 0 aliphatic rings. The molecule has 0 radical (unpaired) electrons. The van der Waals surface area contributed by atoms with Crippen LogP contribution in [0.25, 0.3) is 11.1 Å². The fourth-order valence-corrected chi connectivity index (χ4v) is 1.63. The van der Waals surface area contributed by atoms with Gasteiger partial charge in [-0.3, -0.25) is 9.97 Å². The minimum atomic E-state index is -4.34. The minimum Gasteiger partial charge on any atom is -0.264 e. The van der Waals surface area contributed by atoms with Crippen molar-refractivity contribution in [3.05, 3.63) is 48.5 Å². The van der Waals surface area contributed by atoms with E-state index in [4.69, 9.17) is 0 Å². The van der Waals surface area contributed by atoms with Crippen LogP contribution in [0.2, 0.25) is 0 Å². The van der Waals surface area contributed by atoms with Crippen molar-refractivity contribution >= 4 is 0 Å². The topological polar surface area (TPSA) is 25.8 Å². The first-order valence-electron chi connectivity index (χ1n) is 5.76. The molecule has 0 aromatic carbocycles. The van der Waals surface area contributed by atoms with E-state index < -0.39 is 11.6 Å². The van der Waals surface area contributed by atoms with Gasteiger partial charge >= 0.3 is 6.18 Å². The standard InChI is InChI=1S/C14H13F3N2/c1-13(2,14(15,16)17)12-8-10(5-7-19-12)11-4-3-6-18-9-11/h3-9H,1-2H3. The van der Waals surface area contributed by atoms with Gasteiger partial charge in [-0.05, 0) is 37.6 Å². The summed E-state index contributed by atoms with van der Waals surface area (Å²) in [7, 11) is 0. The highest BCUT2D eigenvalue weighted by molar-refractivity contribution is 5.62. The van der Waals surface area contributed by atoms with Crippen LogP contribution in [0.3, 0.4) is 0 Å². The Labute approximate surface area is 109 Å². The van der Waals surface area contributed by atoms with Gasteiger partial charge in [-0.25, -0.2) is 0 Å². The van der Waals surface area contributed by atoms with Crippen LogP contribution in [0.5, 0.6) is 0 Å². The fourth-order valence-electron chi connectivity index (χ4n) is 1.63. The minimum absolute atomic E-state index is 0.00125. The van der Waals surface area contributed by atoms with E-state index in [0.717, 1.165) is 19.4 Å². The average molecular weight is 266 g/mol. The lowest BCUT2D eigenvalue weighted by molar-refractivity contribution is -0.181. The summed E-state index contributed by atoms with van der Waals surface area (Å²) in [6.07, 6.45) is 0.281.